The number of aromatic nitrogens is 4. The summed E-state index contributed by atoms with van der Waals surface area (Å²) in [6, 6.07) is 1.77. The van der Waals surface area contributed by atoms with Crippen LogP contribution in [0.3, 0.4) is 0 Å². The first-order valence-electron chi connectivity index (χ1n) is 7.89. The van der Waals surface area contributed by atoms with E-state index in [-0.39, 0.29) is 15.1 Å². The molecule has 1 aliphatic heterocycles. The molecular weight excluding hydrogens is 398 g/mol. The van der Waals surface area contributed by atoms with Crippen molar-refractivity contribution in [1.82, 2.24) is 23.9 Å². The number of pyridine rings is 1. The van der Waals surface area contributed by atoms with Gasteiger partial charge in [-0.25, -0.2) is 22.9 Å². The Morgan fingerprint density at radius 2 is 2.04 bits per heavy atom. The predicted molar refractivity (Wildman–Crippen MR) is 96.2 cm³/mol. The van der Waals surface area contributed by atoms with Crippen LogP contribution in [0.25, 0.3) is 5.65 Å². The zero-order chi connectivity index (χ0) is 18.3. The number of hydrogen-bond acceptors (Lipinski definition) is 7. The summed E-state index contributed by atoms with van der Waals surface area (Å²) in [4.78, 5) is 18.7. The third-order valence-electron chi connectivity index (χ3n) is 4.48. The number of nitrogens with zero attached hydrogens (tertiary/aromatic N) is 5. The molecule has 1 saturated heterocycles. The van der Waals surface area contributed by atoms with Gasteiger partial charge in [0.2, 0.25) is 0 Å². The van der Waals surface area contributed by atoms with Crippen LogP contribution in [0.5, 0.6) is 0 Å². The van der Waals surface area contributed by atoms with E-state index in [9.17, 15) is 13.2 Å². The minimum atomic E-state index is -3.62. The Morgan fingerprint density at radius 3 is 2.73 bits per heavy atom. The number of carbonyl (C=O) groups excluding carboxylic acids is 1. The highest BCUT2D eigenvalue weighted by Crippen LogP contribution is 2.35. The maximum absolute atomic E-state index is 12.7. The van der Waals surface area contributed by atoms with Crippen LogP contribution in [0.1, 0.15) is 34.1 Å². The van der Waals surface area contributed by atoms with Crippen LogP contribution in [0, 0.1) is 0 Å². The molecule has 11 heteroatoms. The van der Waals surface area contributed by atoms with Gasteiger partial charge in [-0.15, -0.1) is 0 Å². The van der Waals surface area contributed by atoms with Crippen LogP contribution in [-0.2, 0) is 10.0 Å². The number of hydrogen-bond donors (Lipinski definition) is 0. The van der Waals surface area contributed by atoms with Crippen LogP contribution < -0.4 is 0 Å². The van der Waals surface area contributed by atoms with Crippen molar-refractivity contribution in [2.24, 2.45) is 0 Å². The highest BCUT2D eigenvalue weighted by Gasteiger charge is 2.32. The normalized spacial score (nSPS) is 17.0. The molecule has 0 aromatic carbocycles. The maximum Gasteiger partial charge on any atom is 0.254 e. The number of fused-ring (bicyclic) bond motifs is 1. The van der Waals surface area contributed by atoms with Crippen molar-refractivity contribution in [3.8, 4) is 0 Å². The lowest BCUT2D eigenvalue weighted by atomic mass is 9.91. The van der Waals surface area contributed by atoms with Crippen molar-refractivity contribution in [3.63, 3.8) is 0 Å². The zero-order valence-corrected chi connectivity index (χ0v) is 15.8. The molecule has 0 bridgehead atoms. The average molecular weight is 412 g/mol. The molecule has 136 valence electrons. The molecule has 0 saturated carbocycles. The molecule has 0 radical (unpaired) electrons. The van der Waals surface area contributed by atoms with Crippen molar-refractivity contribution in [2.45, 2.75) is 23.0 Å². The molecule has 8 nitrogen and oxygen atoms in total. The van der Waals surface area contributed by atoms with Gasteiger partial charge in [-0.1, -0.05) is 22.9 Å². The van der Waals surface area contributed by atoms with Crippen molar-refractivity contribution in [3.05, 3.63) is 40.4 Å². The van der Waals surface area contributed by atoms with Crippen molar-refractivity contribution in [1.29, 1.82) is 0 Å². The van der Waals surface area contributed by atoms with Crippen molar-refractivity contribution < 1.29 is 13.2 Å². The second-order valence-electron chi connectivity index (χ2n) is 5.95. The van der Waals surface area contributed by atoms with Crippen molar-refractivity contribution >= 4 is 44.9 Å². The van der Waals surface area contributed by atoms with Crippen LogP contribution in [-0.4, -0.2) is 51.7 Å². The van der Waals surface area contributed by atoms with Crippen LogP contribution in [0.2, 0.25) is 5.02 Å². The Hall–Kier alpha value is -1.88. The summed E-state index contributed by atoms with van der Waals surface area (Å²) in [5, 5.41) is 4.90. The largest absolute Gasteiger partial charge is 0.295 e. The summed E-state index contributed by atoms with van der Waals surface area (Å²) in [6.45, 7) is 0.764. The number of piperidine rings is 1. The van der Waals surface area contributed by atoms with Crippen LogP contribution >= 0.6 is 22.9 Å². The van der Waals surface area contributed by atoms with Gasteiger partial charge in [-0.2, -0.15) is 9.40 Å². The second kappa shape index (κ2) is 6.69. The monoisotopic (exact) mass is 411 g/mol. The van der Waals surface area contributed by atoms with E-state index in [1.807, 2.05) is 6.20 Å². The molecule has 3 aromatic heterocycles. The average Bonchev–Trinajstić information content (AvgIpc) is 3.30. The summed E-state index contributed by atoms with van der Waals surface area (Å²) in [5.41, 5.74) is 1.62. The Balaban J connectivity index is 1.52. The first-order valence-corrected chi connectivity index (χ1v) is 10.5. The molecule has 3 aromatic rings. The first kappa shape index (κ1) is 17.5. The third kappa shape index (κ3) is 3.02. The third-order valence-corrected chi connectivity index (χ3v) is 8.07. The number of thiazole rings is 1. The van der Waals surface area contributed by atoms with E-state index < -0.39 is 10.0 Å². The van der Waals surface area contributed by atoms with E-state index in [0.29, 0.717) is 42.9 Å². The fourth-order valence-corrected chi connectivity index (χ4v) is 6.02. The van der Waals surface area contributed by atoms with E-state index >= 15 is 0 Å². The molecule has 26 heavy (non-hydrogen) atoms. The summed E-state index contributed by atoms with van der Waals surface area (Å²) in [6.07, 6.45) is 6.42. The lowest BCUT2D eigenvalue weighted by Gasteiger charge is -2.31. The maximum atomic E-state index is 12.7. The summed E-state index contributed by atoms with van der Waals surface area (Å²) in [5.74, 6) is 0.148. The molecule has 0 aliphatic carbocycles. The quantitative estimate of drug-likeness (QED) is 0.610. The van der Waals surface area contributed by atoms with E-state index in [2.05, 4.69) is 15.1 Å². The number of halogens is 1. The fraction of sp³-hybridized carbons (Fsp3) is 0.333. The molecule has 0 spiro atoms. The number of carbonyl (C=O) groups is 1. The smallest absolute Gasteiger partial charge is 0.254 e. The van der Waals surface area contributed by atoms with Crippen molar-refractivity contribution in [2.75, 3.05) is 13.1 Å². The van der Waals surface area contributed by atoms with E-state index in [4.69, 9.17) is 11.6 Å². The number of sulfonamides is 1. The minimum absolute atomic E-state index is 0.0973. The van der Waals surface area contributed by atoms with Gasteiger partial charge in [0.1, 0.15) is 6.33 Å². The Kier molecular flexibility index (Phi) is 4.51. The van der Waals surface area contributed by atoms with E-state index in [1.54, 1.807) is 10.6 Å². The predicted octanol–water partition coefficient (Wildman–Crippen LogP) is 2.22. The lowest BCUT2D eigenvalue weighted by Crippen LogP contribution is -2.37. The van der Waals surface area contributed by atoms with Gasteiger partial charge in [0.25, 0.3) is 10.0 Å². The summed E-state index contributed by atoms with van der Waals surface area (Å²) >= 11 is 7.27. The van der Waals surface area contributed by atoms with Gasteiger partial charge >= 0.3 is 0 Å². The van der Waals surface area contributed by atoms with Gasteiger partial charge in [-0.3, -0.25) is 4.79 Å². The lowest BCUT2D eigenvalue weighted by molar-refractivity contribution is 0.112. The number of aldehydes is 1. The molecule has 0 atom stereocenters. The molecule has 1 aliphatic rings. The van der Waals surface area contributed by atoms with E-state index in [1.165, 1.54) is 16.8 Å². The Labute approximate surface area is 158 Å². The van der Waals surface area contributed by atoms with Gasteiger partial charge < -0.3 is 0 Å². The highest BCUT2D eigenvalue weighted by atomic mass is 35.5. The van der Waals surface area contributed by atoms with E-state index in [0.717, 1.165) is 16.9 Å². The zero-order valence-electron chi connectivity index (χ0n) is 13.4. The molecule has 0 N–H and O–H groups in total. The highest BCUT2D eigenvalue weighted by molar-refractivity contribution is 7.91. The molecule has 0 unspecified atom stereocenters. The first-order chi connectivity index (χ1) is 12.5. The number of rotatable bonds is 4. The SMILES string of the molecule is O=Cc1ncc(S(=O)(=O)N2CCC(c3cn4ncnc4cc3Cl)CC2)s1. The fourth-order valence-electron chi connectivity index (χ4n) is 3.13. The summed E-state index contributed by atoms with van der Waals surface area (Å²) in [7, 11) is -3.62. The Morgan fingerprint density at radius 1 is 1.27 bits per heavy atom. The molecule has 4 rings (SSSR count). The van der Waals surface area contributed by atoms with Crippen LogP contribution in [0.4, 0.5) is 0 Å². The van der Waals surface area contributed by atoms with Gasteiger partial charge in [-0.05, 0) is 24.3 Å². The summed E-state index contributed by atoms with van der Waals surface area (Å²) < 4.78 is 28.6. The van der Waals surface area contributed by atoms with Gasteiger partial charge in [0, 0.05) is 30.4 Å². The topological polar surface area (TPSA) is 97.5 Å². The molecule has 1 fully saturated rings. The second-order valence-corrected chi connectivity index (χ2v) is 9.59. The van der Waals surface area contributed by atoms with Gasteiger partial charge in [0.05, 0.1) is 6.20 Å². The standard InChI is InChI=1S/C15H14ClN5O3S2/c16-12-5-13-18-9-19-21(13)7-11(12)10-1-3-20(4-2-10)26(23,24)15-6-17-14(8-22)25-15/h5-10H,1-4H2. The molecule has 4 heterocycles. The molecular formula is C15H14ClN5O3S2. The minimum Gasteiger partial charge on any atom is -0.295 e. The van der Waals surface area contributed by atoms with Crippen LogP contribution in [0.15, 0.2) is 29.0 Å². The molecule has 0 amide bonds. The van der Waals surface area contributed by atoms with Gasteiger partial charge in [0.15, 0.2) is 21.2 Å². The Bertz CT molecular complexity index is 1070.